The Morgan fingerprint density at radius 1 is 1.46 bits per heavy atom. The number of carbonyl (C=O) groups is 1. The molecule has 2 amide bonds. The molecule has 1 aliphatic heterocycles. The first kappa shape index (κ1) is 17.2. The number of carbonyl (C=O) groups excluding carboxylic acids is 1. The van der Waals surface area contributed by atoms with Crippen molar-refractivity contribution in [2.75, 3.05) is 26.3 Å². The summed E-state index contributed by atoms with van der Waals surface area (Å²) in [6.07, 6.45) is 2.95. The zero-order valence-corrected chi connectivity index (χ0v) is 14.6. The van der Waals surface area contributed by atoms with E-state index < -0.39 is 0 Å². The molecule has 2 aliphatic rings. The number of benzene rings is 1. The third kappa shape index (κ3) is 3.73. The van der Waals surface area contributed by atoms with Gasteiger partial charge in [-0.1, -0.05) is 30.7 Å². The number of fused-ring (bicyclic) bond motifs is 1. The van der Waals surface area contributed by atoms with Gasteiger partial charge in [-0.05, 0) is 43.2 Å². The average Bonchev–Trinajstić information content (AvgIpc) is 2.88. The summed E-state index contributed by atoms with van der Waals surface area (Å²) in [6, 6.07) is 6.62. The lowest BCUT2D eigenvalue weighted by molar-refractivity contribution is -0.00610. The molecule has 1 aromatic carbocycles. The second-order valence-corrected chi connectivity index (χ2v) is 7.12. The number of rotatable bonds is 4. The van der Waals surface area contributed by atoms with Gasteiger partial charge >= 0.3 is 6.03 Å². The van der Waals surface area contributed by atoms with Crippen molar-refractivity contribution in [1.82, 2.24) is 10.2 Å². The maximum absolute atomic E-state index is 12.7. The topological polar surface area (TPSA) is 61.8 Å². The highest BCUT2D eigenvalue weighted by molar-refractivity contribution is 5.75. The highest BCUT2D eigenvalue weighted by atomic mass is 16.5. The summed E-state index contributed by atoms with van der Waals surface area (Å²) >= 11 is 0. The van der Waals surface area contributed by atoms with E-state index in [-0.39, 0.29) is 24.8 Å². The molecule has 3 atom stereocenters. The van der Waals surface area contributed by atoms with Crippen LogP contribution in [0.2, 0.25) is 0 Å². The van der Waals surface area contributed by atoms with Crippen molar-refractivity contribution in [3.05, 3.63) is 34.9 Å². The number of aliphatic hydroxyl groups excluding tert-OH is 1. The summed E-state index contributed by atoms with van der Waals surface area (Å²) in [5.74, 6) is 0.414. The molecule has 3 rings (SSSR count). The van der Waals surface area contributed by atoms with Crippen LogP contribution >= 0.6 is 0 Å². The van der Waals surface area contributed by atoms with Crippen LogP contribution in [-0.4, -0.2) is 48.4 Å². The fourth-order valence-electron chi connectivity index (χ4n) is 3.88. The van der Waals surface area contributed by atoms with Crippen LogP contribution in [0.5, 0.6) is 0 Å². The predicted molar refractivity (Wildman–Crippen MR) is 93.0 cm³/mol. The van der Waals surface area contributed by atoms with Crippen molar-refractivity contribution in [2.45, 2.75) is 45.3 Å². The number of hydrogen-bond donors (Lipinski definition) is 2. The first-order valence-electron chi connectivity index (χ1n) is 8.96. The van der Waals surface area contributed by atoms with Gasteiger partial charge in [0.25, 0.3) is 0 Å². The maximum atomic E-state index is 12.7. The summed E-state index contributed by atoms with van der Waals surface area (Å²) in [4.78, 5) is 14.6. The molecular weight excluding hydrogens is 304 g/mol. The van der Waals surface area contributed by atoms with E-state index in [4.69, 9.17) is 9.84 Å². The Morgan fingerprint density at radius 3 is 3.08 bits per heavy atom. The van der Waals surface area contributed by atoms with Crippen LogP contribution < -0.4 is 5.32 Å². The predicted octanol–water partition coefficient (Wildman–Crippen LogP) is 2.41. The molecule has 132 valence electrons. The first-order chi connectivity index (χ1) is 11.6. The van der Waals surface area contributed by atoms with Gasteiger partial charge in [0, 0.05) is 13.1 Å². The van der Waals surface area contributed by atoms with Crippen molar-refractivity contribution in [3.63, 3.8) is 0 Å². The Morgan fingerprint density at radius 2 is 2.29 bits per heavy atom. The van der Waals surface area contributed by atoms with Gasteiger partial charge in [-0.2, -0.15) is 0 Å². The van der Waals surface area contributed by atoms with Crippen molar-refractivity contribution < 1.29 is 14.6 Å². The van der Waals surface area contributed by atoms with Crippen LogP contribution in [0.25, 0.3) is 0 Å². The van der Waals surface area contributed by atoms with Crippen molar-refractivity contribution in [1.29, 1.82) is 0 Å². The summed E-state index contributed by atoms with van der Waals surface area (Å²) in [6.45, 7) is 6.03. The third-order valence-corrected chi connectivity index (χ3v) is 5.14. The normalized spacial score (nSPS) is 26.3. The Balaban J connectivity index is 1.63. The van der Waals surface area contributed by atoms with E-state index in [1.807, 2.05) is 4.90 Å². The van der Waals surface area contributed by atoms with Gasteiger partial charge in [0.15, 0.2) is 0 Å². The molecule has 0 aromatic heterocycles. The molecule has 0 radical (unpaired) electrons. The number of piperidine rings is 1. The van der Waals surface area contributed by atoms with Crippen molar-refractivity contribution in [2.24, 2.45) is 5.92 Å². The van der Waals surface area contributed by atoms with Crippen LogP contribution in [-0.2, 0) is 11.2 Å². The Kier molecular flexibility index (Phi) is 5.41. The number of amides is 2. The van der Waals surface area contributed by atoms with Crippen LogP contribution in [0.3, 0.4) is 0 Å². The highest BCUT2D eigenvalue weighted by Crippen LogP contribution is 2.36. The van der Waals surface area contributed by atoms with Gasteiger partial charge in [-0.3, -0.25) is 0 Å². The van der Waals surface area contributed by atoms with E-state index in [0.29, 0.717) is 19.1 Å². The van der Waals surface area contributed by atoms with E-state index in [1.165, 1.54) is 16.7 Å². The van der Waals surface area contributed by atoms with E-state index in [2.05, 4.69) is 37.4 Å². The molecule has 24 heavy (non-hydrogen) atoms. The minimum absolute atomic E-state index is 0.00138. The third-order valence-electron chi connectivity index (χ3n) is 5.14. The molecule has 0 spiro atoms. The Bertz CT molecular complexity index is 590. The summed E-state index contributed by atoms with van der Waals surface area (Å²) in [5.41, 5.74) is 3.85. The van der Waals surface area contributed by atoms with E-state index in [9.17, 15) is 4.79 Å². The molecule has 2 N–H and O–H groups in total. The number of nitrogens with one attached hydrogen (secondary N) is 1. The van der Waals surface area contributed by atoms with E-state index in [1.54, 1.807) is 0 Å². The lowest BCUT2D eigenvalue weighted by atomic mass is 10.0. The van der Waals surface area contributed by atoms with Gasteiger partial charge < -0.3 is 20.1 Å². The Hall–Kier alpha value is -1.59. The highest BCUT2D eigenvalue weighted by Gasteiger charge is 2.33. The zero-order valence-electron chi connectivity index (χ0n) is 14.6. The summed E-state index contributed by atoms with van der Waals surface area (Å²) in [7, 11) is 0. The fourth-order valence-corrected chi connectivity index (χ4v) is 3.88. The van der Waals surface area contributed by atoms with E-state index >= 15 is 0 Å². The van der Waals surface area contributed by atoms with Gasteiger partial charge in [-0.15, -0.1) is 0 Å². The average molecular weight is 332 g/mol. The maximum Gasteiger partial charge on any atom is 0.317 e. The van der Waals surface area contributed by atoms with Gasteiger partial charge in [0.05, 0.1) is 25.4 Å². The number of aryl methyl sites for hydroxylation is 1. The SMILES string of the molecule is Cc1ccc2c(c1)[C@H](NC(=O)N1CCC[C@H](OCCO)C1)[C@H](C)C2. The minimum atomic E-state index is -0.00138. The molecule has 0 bridgehead atoms. The van der Waals surface area contributed by atoms with Gasteiger partial charge in [0.2, 0.25) is 0 Å². The fraction of sp³-hybridized carbons (Fsp3) is 0.632. The molecule has 1 aromatic rings. The number of aliphatic hydroxyl groups is 1. The number of nitrogens with zero attached hydrogens (tertiary/aromatic N) is 1. The standard InChI is InChI=1S/C19H28N2O3/c1-13-5-6-15-11-14(2)18(17(15)10-13)20-19(23)21-7-3-4-16(12-21)24-9-8-22/h5-6,10,14,16,18,22H,3-4,7-9,11-12H2,1-2H3,(H,20,23)/t14-,16+,18-/m1/s1. The first-order valence-corrected chi connectivity index (χ1v) is 8.96. The molecule has 5 heteroatoms. The van der Waals surface area contributed by atoms with Crippen molar-refractivity contribution >= 4 is 6.03 Å². The van der Waals surface area contributed by atoms with E-state index in [0.717, 1.165) is 25.8 Å². The van der Waals surface area contributed by atoms with Crippen LogP contribution in [0.4, 0.5) is 4.79 Å². The molecule has 1 saturated heterocycles. The van der Waals surface area contributed by atoms with Crippen LogP contribution in [0.15, 0.2) is 18.2 Å². The second kappa shape index (κ2) is 7.53. The van der Waals surface area contributed by atoms with Crippen molar-refractivity contribution in [3.8, 4) is 0 Å². The lowest BCUT2D eigenvalue weighted by Crippen LogP contribution is -2.49. The smallest absolute Gasteiger partial charge is 0.317 e. The molecule has 0 saturated carbocycles. The summed E-state index contributed by atoms with van der Waals surface area (Å²) in [5, 5.41) is 12.1. The molecule has 1 aliphatic carbocycles. The number of ether oxygens (including phenoxy) is 1. The lowest BCUT2D eigenvalue weighted by Gasteiger charge is -2.34. The minimum Gasteiger partial charge on any atom is -0.394 e. The van der Waals surface area contributed by atoms with Gasteiger partial charge in [0.1, 0.15) is 0 Å². The molecule has 0 unspecified atom stereocenters. The zero-order chi connectivity index (χ0) is 17.1. The number of urea groups is 1. The Labute approximate surface area is 144 Å². The monoisotopic (exact) mass is 332 g/mol. The summed E-state index contributed by atoms with van der Waals surface area (Å²) < 4.78 is 5.60. The quantitative estimate of drug-likeness (QED) is 0.890. The number of hydrogen-bond acceptors (Lipinski definition) is 3. The number of likely N-dealkylation sites (tertiary alicyclic amines) is 1. The largest absolute Gasteiger partial charge is 0.394 e. The molecule has 1 heterocycles. The second-order valence-electron chi connectivity index (χ2n) is 7.12. The van der Waals surface area contributed by atoms with Gasteiger partial charge in [-0.25, -0.2) is 4.79 Å². The van der Waals surface area contributed by atoms with Crippen LogP contribution in [0.1, 0.15) is 42.5 Å². The van der Waals surface area contributed by atoms with Crippen LogP contribution in [0, 0.1) is 12.8 Å². The molecular formula is C19H28N2O3. The molecule has 1 fully saturated rings. The molecule has 5 nitrogen and oxygen atoms in total.